The molecule has 0 spiro atoms. The molecule has 3 heterocycles. The summed E-state index contributed by atoms with van der Waals surface area (Å²) in [6, 6.07) is 14.4. The van der Waals surface area contributed by atoms with Crippen molar-refractivity contribution in [3.8, 4) is 0 Å². The molecule has 8 heteroatoms. The minimum absolute atomic E-state index is 0.0591. The monoisotopic (exact) mass is 542 g/mol. The van der Waals surface area contributed by atoms with Gasteiger partial charge in [0, 0.05) is 29.1 Å². The second kappa shape index (κ2) is 11.2. The minimum atomic E-state index is 0.0591. The van der Waals surface area contributed by atoms with Crippen molar-refractivity contribution in [1.29, 1.82) is 0 Å². The van der Waals surface area contributed by atoms with Gasteiger partial charge < -0.3 is 4.90 Å². The minimum Gasteiger partial charge on any atom is -0.337 e. The fourth-order valence-corrected chi connectivity index (χ4v) is 7.56. The highest BCUT2D eigenvalue weighted by Gasteiger charge is 2.25. The lowest BCUT2D eigenvalue weighted by Crippen LogP contribution is -2.36. The second-order valence-electron chi connectivity index (χ2n) is 7.90. The van der Waals surface area contributed by atoms with E-state index in [0.29, 0.717) is 11.6 Å². The van der Waals surface area contributed by atoms with Crippen LogP contribution in [-0.4, -0.2) is 11.6 Å². The molecular weight excluding hydrogens is 514 g/mol. The Morgan fingerprint density at radius 3 is 2.69 bits per heavy atom. The number of rotatable bonds is 4. The number of nitrogens with zero attached hydrogens (tertiary/aromatic N) is 3. The molecule has 2 aromatic carbocycles. The lowest BCUT2D eigenvalue weighted by atomic mass is 10.1. The van der Waals surface area contributed by atoms with Crippen molar-refractivity contribution in [1.82, 2.24) is 4.57 Å². The molecule has 0 saturated heterocycles. The highest BCUT2D eigenvalue weighted by atomic mass is 35.5. The highest BCUT2D eigenvalue weighted by molar-refractivity contribution is 8.08. The summed E-state index contributed by atoms with van der Waals surface area (Å²) in [6.45, 7) is 9.57. The van der Waals surface area contributed by atoms with Gasteiger partial charge in [0.15, 0.2) is 12.7 Å². The Bertz CT molecular complexity index is 1530. The van der Waals surface area contributed by atoms with Crippen LogP contribution in [0.4, 0.5) is 5.69 Å². The zero-order chi connectivity index (χ0) is 25.1. The largest absolute Gasteiger partial charge is 0.337 e. The predicted octanol–water partition coefficient (Wildman–Crippen LogP) is 5.45. The summed E-state index contributed by atoms with van der Waals surface area (Å²) in [4.78, 5) is 16.5. The van der Waals surface area contributed by atoms with Crippen molar-refractivity contribution in [2.45, 2.75) is 45.7 Å². The van der Waals surface area contributed by atoms with Crippen LogP contribution in [0, 0.1) is 6.92 Å². The van der Waals surface area contributed by atoms with Crippen LogP contribution in [0.15, 0.2) is 63.7 Å². The SMILES string of the molecule is CC.CCn1c(=O)/c(=C2\Sc3cc(Cl)ccc3N2C)s/c1=C\c1scc[n+]1Cc1cccc(C)c1. The van der Waals surface area contributed by atoms with Crippen molar-refractivity contribution in [3.63, 3.8) is 0 Å². The van der Waals surface area contributed by atoms with Crippen molar-refractivity contribution in [2.75, 3.05) is 11.9 Å². The van der Waals surface area contributed by atoms with Crippen LogP contribution in [0.25, 0.3) is 11.1 Å². The first kappa shape index (κ1) is 25.8. The number of benzene rings is 2. The number of hydrogen-bond acceptors (Lipinski definition) is 5. The Morgan fingerprint density at radius 1 is 1.14 bits per heavy atom. The predicted molar refractivity (Wildman–Crippen MR) is 152 cm³/mol. The first-order valence-corrected chi connectivity index (χ1v) is 14.5. The number of aromatic nitrogens is 2. The highest BCUT2D eigenvalue weighted by Crippen LogP contribution is 2.46. The third-order valence-corrected chi connectivity index (χ3v) is 9.17. The van der Waals surface area contributed by atoms with Crippen LogP contribution in [0.2, 0.25) is 5.02 Å². The summed E-state index contributed by atoms with van der Waals surface area (Å²) in [5, 5.41) is 4.89. The molecule has 1 aliphatic heterocycles. The van der Waals surface area contributed by atoms with Crippen LogP contribution >= 0.6 is 46.0 Å². The summed E-state index contributed by atoms with van der Waals surface area (Å²) < 4.78 is 5.84. The number of halogens is 1. The number of thiazole rings is 2. The van der Waals surface area contributed by atoms with Gasteiger partial charge in [0.1, 0.15) is 14.2 Å². The van der Waals surface area contributed by atoms with Crippen molar-refractivity contribution in [3.05, 3.63) is 94.7 Å². The molecule has 0 radical (unpaired) electrons. The average Bonchev–Trinajstić information content (AvgIpc) is 3.51. The zero-order valence-corrected chi connectivity index (χ0v) is 23.7. The number of thioether (sulfide) groups is 1. The van der Waals surface area contributed by atoms with Crippen LogP contribution in [-0.2, 0) is 13.1 Å². The van der Waals surface area contributed by atoms with Crippen LogP contribution in [0.1, 0.15) is 36.9 Å². The number of anilines is 1. The second-order valence-corrected chi connectivity index (χ2v) is 11.3. The quantitative estimate of drug-likeness (QED) is 0.321. The Morgan fingerprint density at radius 2 is 1.94 bits per heavy atom. The maximum Gasteiger partial charge on any atom is 0.271 e. The summed E-state index contributed by atoms with van der Waals surface area (Å²) in [6.07, 6.45) is 4.25. The molecule has 5 rings (SSSR count). The van der Waals surface area contributed by atoms with Gasteiger partial charge in [-0.05, 0) is 38.1 Å². The zero-order valence-electron chi connectivity index (χ0n) is 20.5. The van der Waals surface area contributed by atoms with E-state index in [-0.39, 0.29) is 5.56 Å². The molecule has 0 N–H and O–H groups in total. The molecular formula is C27H29ClN3OS3+. The summed E-state index contributed by atoms with van der Waals surface area (Å²) in [5.74, 6) is 0. The van der Waals surface area contributed by atoms with Crippen molar-refractivity contribution in [2.24, 2.45) is 0 Å². The Hall–Kier alpha value is -2.32. The van der Waals surface area contributed by atoms with E-state index >= 15 is 0 Å². The Kier molecular flexibility index (Phi) is 8.22. The maximum absolute atomic E-state index is 13.4. The normalized spacial score (nSPS) is 14.7. The molecule has 4 aromatic rings. The fourth-order valence-electron chi connectivity index (χ4n) is 3.97. The Labute approximate surface area is 223 Å². The van der Waals surface area contributed by atoms with E-state index < -0.39 is 0 Å². The van der Waals surface area contributed by atoms with E-state index in [1.54, 1.807) is 34.4 Å². The van der Waals surface area contributed by atoms with Gasteiger partial charge in [0.2, 0.25) is 0 Å². The summed E-state index contributed by atoms with van der Waals surface area (Å²) in [7, 11) is 2.01. The van der Waals surface area contributed by atoms with Gasteiger partial charge >= 0.3 is 0 Å². The number of fused-ring (bicyclic) bond motifs is 1. The van der Waals surface area contributed by atoms with E-state index in [9.17, 15) is 4.79 Å². The smallest absolute Gasteiger partial charge is 0.271 e. The molecule has 182 valence electrons. The van der Waals surface area contributed by atoms with Crippen molar-refractivity contribution < 1.29 is 4.57 Å². The molecule has 0 bridgehead atoms. The molecule has 0 atom stereocenters. The fraction of sp³-hybridized carbons (Fsp3) is 0.259. The molecule has 4 nitrogen and oxygen atoms in total. The molecule has 2 aromatic heterocycles. The van der Waals surface area contributed by atoms with Gasteiger partial charge in [-0.25, -0.2) is 0 Å². The molecule has 0 saturated carbocycles. The van der Waals surface area contributed by atoms with Gasteiger partial charge in [-0.1, -0.05) is 72.3 Å². The summed E-state index contributed by atoms with van der Waals surface area (Å²) in [5.41, 5.74) is 3.66. The van der Waals surface area contributed by atoms with Gasteiger partial charge in [0.25, 0.3) is 10.6 Å². The van der Waals surface area contributed by atoms with E-state index in [1.807, 2.05) is 50.6 Å². The molecule has 35 heavy (non-hydrogen) atoms. The Balaban J connectivity index is 0.00000141. The van der Waals surface area contributed by atoms with E-state index in [4.69, 9.17) is 11.6 Å². The van der Waals surface area contributed by atoms with E-state index in [2.05, 4.69) is 58.3 Å². The number of aryl methyl sites for hydroxylation is 1. The van der Waals surface area contributed by atoms with Gasteiger partial charge in [-0.2, -0.15) is 4.57 Å². The summed E-state index contributed by atoms with van der Waals surface area (Å²) >= 11 is 11.1. The first-order chi connectivity index (χ1) is 16.9. The standard InChI is InChI=1S/C25H23ClN3OS3.C2H6/c1-4-29-22(14-21-28(10-11-31-21)15-17-7-5-6-16(2)12-17)33-23(24(29)30)25-27(3)19-9-8-18(26)13-20(19)32-25;1-2/h5-14H,4,15H2,1-3H3;1-2H3/q+1;/b25-23+;. The topological polar surface area (TPSA) is 29.1 Å². The van der Waals surface area contributed by atoms with Crippen LogP contribution < -0.4 is 24.2 Å². The lowest BCUT2D eigenvalue weighted by molar-refractivity contribution is -0.685. The molecule has 0 aliphatic carbocycles. The third-order valence-electron chi connectivity index (χ3n) is 5.61. The number of hydrogen-bond donors (Lipinski definition) is 0. The third kappa shape index (κ3) is 5.28. The van der Waals surface area contributed by atoms with Crippen LogP contribution in [0.5, 0.6) is 0 Å². The molecule has 0 unspecified atom stereocenters. The molecule has 0 amide bonds. The van der Waals surface area contributed by atoms with E-state index in [1.165, 1.54) is 11.1 Å². The maximum atomic E-state index is 13.4. The van der Waals surface area contributed by atoms with Crippen molar-refractivity contribution >= 4 is 62.8 Å². The molecule has 0 fully saturated rings. The molecule has 1 aliphatic rings. The van der Waals surface area contributed by atoms with Gasteiger partial charge in [-0.15, -0.1) is 11.3 Å². The lowest BCUT2D eigenvalue weighted by Gasteiger charge is -2.12. The van der Waals surface area contributed by atoms with Gasteiger partial charge in [-0.3, -0.25) is 9.36 Å². The van der Waals surface area contributed by atoms with Crippen LogP contribution in [0.3, 0.4) is 0 Å². The van der Waals surface area contributed by atoms with Gasteiger partial charge in [0.05, 0.1) is 17.1 Å². The average molecular weight is 543 g/mol. The van der Waals surface area contributed by atoms with E-state index in [0.717, 1.165) is 36.4 Å². The first-order valence-electron chi connectivity index (χ1n) is 11.6.